The van der Waals surface area contributed by atoms with E-state index in [4.69, 9.17) is 4.74 Å². The first kappa shape index (κ1) is 14.5. The molecule has 0 N–H and O–H groups in total. The van der Waals surface area contributed by atoms with Crippen LogP contribution < -0.4 is 4.74 Å². The highest BCUT2D eigenvalue weighted by Gasteiger charge is 2.14. The Bertz CT molecular complexity index is 416. The summed E-state index contributed by atoms with van der Waals surface area (Å²) >= 11 is 0. The van der Waals surface area contributed by atoms with Gasteiger partial charge in [0, 0.05) is 20.2 Å². The number of amides is 1. The molecule has 0 saturated carbocycles. The average Bonchev–Trinajstić information content (AvgIpc) is 2.27. The Morgan fingerprint density at radius 2 is 2.06 bits per heavy atom. The lowest BCUT2D eigenvalue weighted by molar-refractivity contribution is 0.0823. The van der Waals surface area contributed by atoms with Gasteiger partial charge in [0.25, 0.3) is 5.91 Å². The van der Waals surface area contributed by atoms with Crippen molar-refractivity contribution in [1.29, 1.82) is 0 Å². The third-order valence-corrected chi connectivity index (χ3v) is 2.54. The Morgan fingerprint density at radius 3 is 2.56 bits per heavy atom. The molecule has 0 aliphatic carbocycles. The summed E-state index contributed by atoms with van der Waals surface area (Å²) in [5, 5.41) is 0. The second kappa shape index (κ2) is 6.38. The SMILES string of the molecule is CC(C)CCOc1ccc(C(=O)N(C)C)c(F)c1. The van der Waals surface area contributed by atoms with Gasteiger partial charge in [-0.3, -0.25) is 4.79 Å². The monoisotopic (exact) mass is 253 g/mol. The highest BCUT2D eigenvalue weighted by atomic mass is 19.1. The van der Waals surface area contributed by atoms with Crippen LogP contribution in [0.4, 0.5) is 4.39 Å². The molecule has 1 aromatic carbocycles. The van der Waals surface area contributed by atoms with Gasteiger partial charge in [0.1, 0.15) is 11.6 Å². The summed E-state index contributed by atoms with van der Waals surface area (Å²) in [6.07, 6.45) is 0.917. The molecule has 0 atom stereocenters. The summed E-state index contributed by atoms with van der Waals surface area (Å²) in [5.41, 5.74) is 0.0659. The molecule has 0 spiro atoms. The van der Waals surface area contributed by atoms with E-state index in [1.807, 2.05) is 0 Å². The van der Waals surface area contributed by atoms with Crippen molar-refractivity contribution in [3.05, 3.63) is 29.6 Å². The fourth-order valence-corrected chi connectivity index (χ4v) is 1.41. The zero-order valence-corrected chi connectivity index (χ0v) is 11.4. The van der Waals surface area contributed by atoms with E-state index >= 15 is 0 Å². The molecule has 0 saturated heterocycles. The molecule has 0 aromatic heterocycles. The standard InChI is InChI=1S/C14H20FNO2/c1-10(2)7-8-18-11-5-6-12(13(15)9-11)14(17)16(3)4/h5-6,9-10H,7-8H2,1-4H3. The predicted octanol–water partition coefficient (Wildman–Crippen LogP) is 2.95. The minimum Gasteiger partial charge on any atom is -0.493 e. The third kappa shape index (κ3) is 4.02. The van der Waals surface area contributed by atoms with E-state index in [0.29, 0.717) is 18.3 Å². The maximum absolute atomic E-state index is 13.7. The second-order valence-corrected chi connectivity index (χ2v) is 4.87. The summed E-state index contributed by atoms with van der Waals surface area (Å²) in [4.78, 5) is 13.0. The average molecular weight is 253 g/mol. The van der Waals surface area contributed by atoms with Gasteiger partial charge in [-0.15, -0.1) is 0 Å². The van der Waals surface area contributed by atoms with Gasteiger partial charge >= 0.3 is 0 Å². The van der Waals surface area contributed by atoms with E-state index in [1.54, 1.807) is 20.2 Å². The number of ether oxygens (including phenoxy) is 1. The summed E-state index contributed by atoms with van der Waals surface area (Å²) in [6, 6.07) is 4.35. The quantitative estimate of drug-likeness (QED) is 0.807. The van der Waals surface area contributed by atoms with Crippen LogP contribution in [0.1, 0.15) is 30.6 Å². The van der Waals surface area contributed by atoms with Crippen molar-refractivity contribution in [3.63, 3.8) is 0 Å². The largest absolute Gasteiger partial charge is 0.493 e. The van der Waals surface area contributed by atoms with Crippen molar-refractivity contribution in [2.24, 2.45) is 5.92 Å². The summed E-state index contributed by atoms with van der Waals surface area (Å²) in [6.45, 7) is 4.75. The number of hydrogen-bond donors (Lipinski definition) is 0. The van der Waals surface area contributed by atoms with Crippen molar-refractivity contribution in [3.8, 4) is 5.75 Å². The summed E-state index contributed by atoms with van der Waals surface area (Å²) < 4.78 is 19.1. The van der Waals surface area contributed by atoms with Gasteiger partial charge in [0.05, 0.1) is 12.2 Å². The molecule has 1 rings (SSSR count). The topological polar surface area (TPSA) is 29.5 Å². The normalized spacial score (nSPS) is 10.6. The van der Waals surface area contributed by atoms with Crippen LogP contribution in [0, 0.1) is 11.7 Å². The lowest BCUT2D eigenvalue weighted by Gasteiger charge is -2.12. The van der Waals surface area contributed by atoms with Crippen LogP contribution in [0.15, 0.2) is 18.2 Å². The lowest BCUT2D eigenvalue weighted by Crippen LogP contribution is -2.22. The Hall–Kier alpha value is -1.58. The number of carbonyl (C=O) groups is 1. The fourth-order valence-electron chi connectivity index (χ4n) is 1.41. The second-order valence-electron chi connectivity index (χ2n) is 4.87. The highest BCUT2D eigenvalue weighted by molar-refractivity contribution is 5.94. The van der Waals surface area contributed by atoms with Crippen LogP contribution in [0.25, 0.3) is 0 Å². The number of rotatable bonds is 5. The van der Waals surface area contributed by atoms with Crippen molar-refractivity contribution >= 4 is 5.91 Å². The van der Waals surface area contributed by atoms with E-state index in [-0.39, 0.29) is 11.5 Å². The molecule has 0 radical (unpaired) electrons. The molecule has 0 heterocycles. The van der Waals surface area contributed by atoms with Crippen LogP contribution in [0.3, 0.4) is 0 Å². The molecule has 0 fully saturated rings. The first-order valence-corrected chi connectivity index (χ1v) is 6.05. The molecule has 4 heteroatoms. The van der Waals surface area contributed by atoms with Gasteiger partial charge in [0.15, 0.2) is 0 Å². The molecule has 18 heavy (non-hydrogen) atoms. The van der Waals surface area contributed by atoms with Crippen molar-refractivity contribution < 1.29 is 13.9 Å². The number of carbonyl (C=O) groups excluding carboxylic acids is 1. The molecule has 100 valence electrons. The predicted molar refractivity (Wildman–Crippen MR) is 69.4 cm³/mol. The van der Waals surface area contributed by atoms with Gasteiger partial charge in [-0.25, -0.2) is 4.39 Å². The molecule has 1 aromatic rings. The smallest absolute Gasteiger partial charge is 0.256 e. The van der Waals surface area contributed by atoms with Gasteiger partial charge in [-0.05, 0) is 24.5 Å². The molecule has 1 amide bonds. The van der Waals surface area contributed by atoms with E-state index in [2.05, 4.69) is 13.8 Å². The Kier molecular flexibility index (Phi) is 5.13. The minimum atomic E-state index is -0.546. The Morgan fingerprint density at radius 1 is 1.39 bits per heavy atom. The maximum Gasteiger partial charge on any atom is 0.256 e. The lowest BCUT2D eigenvalue weighted by atomic mass is 10.1. The van der Waals surface area contributed by atoms with Crippen LogP contribution >= 0.6 is 0 Å². The van der Waals surface area contributed by atoms with Gasteiger partial charge in [-0.2, -0.15) is 0 Å². The first-order valence-electron chi connectivity index (χ1n) is 6.05. The Labute approximate surface area is 108 Å². The fraction of sp³-hybridized carbons (Fsp3) is 0.500. The van der Waals surface area contributed by atoms with Crippen LogP contribution in [0.5, 0.6) is 5.75 Å². The zero-order valence-electron chi connectivity index (χ0n) is 11.4. The van der Waals surface area contributed by atoms with Crippen molar-refractivity contribution in [2.45, 2.75) is 20.3 Å². The van der Waals surface area contributed by atoms with Crippen molar-refractivity contribution in [1.82, 2.24) is 4.90 Å². The molecular weight excluding hydrogens is 233 g/mol. The van der Waals surface area contributed by atoms with Crippen LogP contribution in [-0.4, -0.2) is 31.5 Å². The molecular formula is C14H20FNO2. The number of halogens is 1. The van der Waals surface area contributed by atoms with E-state index in [1.165, 1.54) is 17.0 Å². The molecule has 0 bridgehead atoms. The minimum absolute atomic E-state index is 0.0659. The van der Waals surface area contributed by atoms with Gasteiger partial charge in [-0.1, -0.05) is 13.8 Å². The molecule has 0 aliphatic rings. The number of hydrogen-bond acceptors (Lipinski definition) is 2. The molecule has 0 unspecified atom stereocenters. The third-order valence-electron chi connectivity index (χ3n) is 2.54. The van der Waals surface area contributed by atoms with Gasteiger partial charge in [0.2, 0.25) is 0 Å². The molecule has 0 aliphatic heterocycles. The zero-order chi connectivity index (χ0) is 13.7. The van der Waals surface area contributed by atoms with Crippen LogP contribution in [-0.2, 0) is 0 Å². The maximum atomic E-state index is 13.7. The van der Waals surface area contributed by atoms with E-state index in [0.717, 1.165) is 6.42 Å². The van der Waals surface area contributed by atoms with Gasteiger partial charge < -0.3 is 9.64 Å². The van der Waals surface area contributed by atoms with Crippen LogP contribution in [0.2, 0.25) is 0 Å². The van der Waals surface area contributed by atoms with E-state index < -0.39 is 5.82 Å². The number of nitrogens with zero attached hydrogens (tertiary/aromatic N) is 1. The van der Waals surface area contributed by atoms with E-state index in [9.17, 15) is 9.18 Å². The Balaban J connectivity index is 2.70. The first-order chi connectivity index (χ1) is 8.41. The summed E-state index contributed by atoms with van der Waals surface area (Å²) in [7, 11) is 3.18. The summed E-state index contributed by atoms with van der Waals surface area (Å²) in [5.74, 6) is 0.116. The number of benzene rings is 1. The van der Waals surface area contributed by atoms with Crippen molar-refractivity contribution in [2.75, 3.05) is 20.7 Å². The highest BCUT2D eigenvalue weighted by Crippen LogP contribution is 2.18. The molecule has 3 nitrogen and oxygen atoms in total.